The van der Waals surface area contributed by atoms with E-state index < -0.39 is 0 Å². The summed E-state index contributed by atoms with van der Waals surface area (Å²) in [5.74, 6) is 0.150. The molecule has 2 fully saturated rings. The Bertz CT molecular complexity index is 302. The molecule has 0 bridgehead atoms. The molecule has 2 aliphatic heterocycles. The van der Waals surface area contributed by atoms with E-state index in [0.717, 1.165) is 32.7 Å². The predicted octanol–water partition coefficient (Wildman–Crippen LogP) is -1.76. The third-order valence-electron chi connectivity index (χ3n) is 3.40. The first-order chi connectivity index (χ1) is 8.18. The number of piperazine rings is 2. The van der Waals surface area contributed by atoms with E-state index >= 15 is 0 Å². The Morgan fingerprint density at radius 2 is 1.94 bits per heavy atom. The number of rotatable bonds is 2. The monoisotopic (exact) mass is 240 g/mol. The van der Waals surface area contributed by atoms with Crippen molar-refractivity contribution >= 4 is 11.8 Å². The average molecular weight is 240 g/mol. The summed E-state index contributed by atoms with van der Waals surface area (Å²) in [6.45, 7) is 6.87. The van der Waals surface area contributed by atoms with Gasteiger partial charge in [0.25, 0.3) is 0 Å². The van der Waals surface area contributed by atoms with Crippen LogP contribution in [0.15, 0.2) is 0 Å². The van der Waals surface area contributed by atoms with E-state index in [2.05, 4.69) is 10.6 Å². The van der Waals surface area contributed by atoms with Gasteiger partial charge in [-0.25, -0.2) is 0 Å². The molecule has 96 valence electrons. The molecule has 0 aromatic rings. The lowest BCUT2D eigenvalue weighted by molar-refractivity contribution is -0.138. The zero-order chi connectivity index (χ0) is 12.3. The Morgan fingerprint density at radius 1 is 1.24 bits per heavy atom. The zero-order valence-corrected chi connectivity index (χ0v) is 10.2. The maximum absolute atomic E-state index is 12.2. The SMILES string of the molecule is CC(C(=O)N1CCNCC1)N1CCNC(=O)C1. The molecule has 2 rings (SSSR count). The van der Waals surface area contributed by atoms with Crippen LogP contribution in [-0.4, -0.2) is 73.5 Å². The summed E-state index contributed by atoms with van der Waals surface area (Å²) in [7, 11) is 0. The van der Waals surface area contributed by atoms with Crippen molar-refractivity contribution in [3.8, 4) is 0 Å². The van der Waals surface area contributed by atoms with Crippen molar-refractivity contribution in [1.82, 2.24) is 20.4 Å². The van der Waals surface area contributed by atoms with Crippen LogP contribution >= 0.6 is 0 Å². The summed E-state index contributed by atoms with van der Waals surface area (Å²) in [6.07, 6.45) is 0. The van der Waals surface area contributed by atoms with Crippen LogP contribution in [0.1, 0.15) is 6.92 Å². The molecule has 0 spiro atoms. The molecule has 17 heavy (non-hydrogen) atoms. The molecular formula is C11H20N4O2. The van der Waals surface area contributed by atoms with E-state index in [1.807, 2.05) is 16.7 Å². The maximum atomic E-state index is 12.2. The van der Waals surface area contributed by atoms with E-state index in [1.165, 1.54) is 0 Å². The second-order valence-corrected chi connectivity index (χ2v) is 4.57. The summed E-state index contributed by atoms with van der Waals surface area (Å²) in [6, 6.07) is -0.195. The van der Waals surface area contributed by atoms with Crippen LogP contribution in [-0.2, 0) is 9.59 Å². The molecule has 1 atom stereocenters. The number of nitrogens with zero attached hydrogens (tertiary/aromatic N) is 2. The highest BCUT2D eigenvalue weighted by Crippen LogP contribution is 2.06. The topological polar surface area (TPSA) is 64.7 Å². The summed E-state index contributed by atoms with van der Waals surface area (Å²) in [5.41, 5.74) is 0. The Labute approximate surface area is 101 Å². The third kappa shape index (κ3) is 2.95. The number of hydrogen-bond acceptors (Lipinski definition) is 4. The second kappa shape index (κ2) is 5.46. The fourth-order valence-electron chi connectivity index (χ4n) is 2.29. The van der Waals surface area contributed by atoms with Gasteiger partial charge in [0.05, 0.1) is 12.6 Å². The van der Waals surface area contributed by atoms with Gasteiger partial charge in [0.2, 0.25) is 11.8 Å². The van der Waals surface area contributed by atoms with Crippen molar-refractivity contribution in [2.75, 3.05) is 45.8 Å². The fourth-order valence-corrected chi connectivity index (χ4v) is 2.29. The van der Waals surface area contributed by atoms with E-state index in [9.17, 15) is 9.59 Å². The molecule has 0 aromatic heterocycles. The van der Waals surface area contributed by atoms with Gasteiger partial charge in [0.1, 0.15) is 0 Å². The lowest BCUT2D eigenvalue weighted by Gasteiger charge is -2.36. The van der Waals surface area contributed by atoms with Crippen LogP contribution in [0.4, 0.5) is 0 Å². The predicted molar refractivity (Wildman–Crippen MR) is 63.5 cm³/mol. The number of hydrogen-bond donors (Lipinski definition) is 2. The van der Waals surface area contributed by atoms with Gasteiger partial charge in [-0.15, -0.1) is 0 Å². The van der Waals surface area contributed by atoms with Gasteiger partial charge in [-0.05, 0) is 6.92 Å². The first kappa shape index (κ1) is 12.3. The molecule has 2 aliphatic rings. The van der Waals surface area contributed by atoms with E-state index in [1.54, 1.807) is 0 Å². The Kier molecular flexibility index (Phi) is 3.96. The van der Waals surface area contributed by atoms with Gasteiger partial charge in [0.15, 0.2) is 0 Å². The van der Waals surface area contributed by atoms with Crippen molar-refractivity contribution in [2.24, 2.45) is 0 Å². The van der Waals surface area contributed by atoms with Crippen molar-refractivity contribution in [1.29, 1.82) is 0 Å². The van der Waals surface area contributed by atoms with E-state index in [-0.39, 0.29) is 17.9 Å². The highest BCUT2D eigenvalue weighted by atomic mass is 16.2. The maximum Gasteiger partial charge on any atom is 0.239 e. The smallest absolute Gasteiger partial charge is 0.239 e. The molecular weight excluding hydrogens is 220 g/mol. The molecule has 2 heterocycles. The molecule has 2 amide bonds. The van der Waals surface area contributed by atoms with Crippen LogP contribution in [0.25, 0.3) is 0 Å². The fraction of sp³-hybridized carbons (Fsp3) is 0.818. The molecule has 1 unspecified atom stereocenters. The number of nitrogens with one attached hydrogen (secondary N) is 2. The minimum atomic E-state index is -0.195. The van der Waals surface area contributed by atoms with Gasteiger partial charge < -0.3 is 15.5 Å². The molecule has 0 aliphatic carbocycles. The minimum absolute atomic E-state index is 0.0104. The molecule has 6 heteroatoms. The zero-order valence-electron chi connectivity index (χ0n) is 10.2. The Balaban J connectivity index is 1.91. The van der Waals surface area contributed by atoms with E-state index in [4.69, 9.17) is 0 Å². The van der Waals surface area contributed by atoms with Crippen molar-refractivity contribution in [3.05, 3.63) is 0 Å². The van der Waals surface area contributed by atoms with Gasteiger partial charge in [-0.2, -0.15) is 0 Å². The van der Waals surface area contributed by atoms with Crippen LogP contribution < -0.4 is 10.6 Å². The van der Waals surface area contributed by atoms with Crippen LogP contribution in [0.5, 0.6) is 0 Å². The third-order valence-corrected chi connectivity index (χ3v) is 3.40. The molecule has 2 N–H and O–H groups in total. The summed E-state index contributed by atoms with van der Waals surface area (Å²) >= 11 is 0. The molecule has 0 radical (unpaired) electrons. The standard InChI is InChI=1S/C11H20N4O2/c1-9(15-7-4-13-10(16)8-15)11(17)14-5-2-12-3-6-14/h9,12H,2-8H2,1H3,(H,13,16). The first-order valence-electron chi connectivity index (χ1n) is 6.19. The average Bonchev–Trinajstić information content (AvgIpc) is 2.38. The lowest BCUT2D eigenvalue weighted by Crippen LogP contribution is -2.57. The van der Waals surface area contributed by atoms with Crippen LogP contribution in [0.2, 0.25) is 0 Å². The molecule has 2 saturated heterocycles. The largest absolute Gasteiger partial charge is 0.354 e. The van der Waals surface area contributed by atoms with Crippen LogP contribution in [0, 0.1) is 0 Å². The summed E-state index contributed by atoms with van der Waals surface area (Å²) in [4.78, 5) is 27.3. The van der Waals surface area contributed by atoms with Gasteiger partial charge in [-0.1, -0.05) is 0 Å². The van der Waals surface area contributed by atoms with Gasteiger partial charge in [-0.3, -0.25) is 14.5 Å². The summed E-state index contributed by atoms with van der Waals surface area (Å²) in [5, 5.41) is 5.99. The van der Waals surface area contributed by atoms with E-state index in [0.29, 0.717) is 13.1 Å². The minimum Gasteiger partial charge on any atom is -0.354 e. The van der Waals surface area contributed by atoms with Gasteiger partial charge >= 0.3 is 0 Å². The van der Waals surface area contributed by atoms with Crippen LogP contribution in [0.3, 0.4) is 0 Å². The highest BCUT2D eigenvalue weighted by molar-refractivity contribution is 5.84. The Morgan fingerprint density at radius 3 is 2.59 bits per heavy atom. The summed E-state index contributed by atoms with van der Waals surface area (Å²) < 4.78 is 0. The first-order valence-corrected chi connectivity index (χ1v) is 6.19. The molecule has 0 saturated carbocycles. The quantitative estimate of drug-likeness (QED) is 0.600. The normalized spacial score (nSPS) is 24.3. The van der Waals surface area contributed by atoms with Crippen molar-refractivity contribution in [3.63, 3.8) is 0 Å². The van der Waals surface area contributed by atoms with Gasteiger partial charge in [0, 0.05) is 39.3 Å². The number of carbonyl (C=O) groups excluding carboxylic acids is 2. The lowest BCUT2D eigenvalue weighted by atomic mass is 10.2. The van der Waals surface area contributed by atoms with Crippen molar-refractivity contribution in [2.45, 2.75) is 13.0 Å². The Hall–Kier alpha value is -1.14. The molecule has 6 nitrogen and oxygen atoms in total. The number of carbonyl (C=O) groups is 2. The molecule has 0 aromatic carbocycles. The number of amides is 2. The highest BCUT2D eigenvalue weighted by Gasteiger charge is 2.29. The second-order valence-electron chi connectivity index (χ2n) is 4.57. The van der Waals surface area contributed by atoms with Crippen molar-refractivity contribution < 1.29 is 9.59 Å².